The van der Waals surface area contributed by atoms with Crippen LogP contribution in [0, 0.1) is 11.8 Å². The minimum absolute atomic E-state index is 0.0193. The van der Waals surface area contributed by atoms with Gasteiger partial charge < -0.3 is 10.2 Å². The number of carbonyl (C=O) groups excluding carboxylic acids is 1. The van der Waals surface area contributed by atoms with E-state index in [4.69, 9.17) is 0 Å². The maximum atomic E-state index is 12.4. The lowest BCUT2D eigenvalue weighted by molar-refractivity contribution is -0.123. The van der Waals surface area contributed by atoms with E-state index in [1.807, 2.05) is 26.2 Å². The minimum atomic E-state index is 0.0193. The van der Waals surface area contributed by atoms with E-state index in [0.29, 0.717) is 12.5 Å². The summed E-state index contributed by atoms with van der Waals surface area (Å²) in [5.41, 5.74) is 0. The average molecular weight is 319 g/mol. The molecule has 0 aliphatic carbocycles. The molecule has 0 fully saturated rings. The fourth-order valence-electron chi connectivity index (χ4n) is 1.67. The first-order valence-electron chi connectivity index (χ1n) is 5.64. The Morgan fingerprint density at radius 3 is 2.59 bits per heavy atom. The topological polar surface area (TPSA) is 32.3 Å². The predicted molar refractivity (Wildman–Crippen MR) is 77.7 cm³/mol. The van der Waals surface area contributed by atoms with E-state index in [2.05, 4.69) is 35.1 Å². The maximum Gasteiger partial charge on any atom is 0.231 e. The Kier molecular flexibility index (Phi) is 5.62. The Morgan fingerprint density at radius 2 is 2.18 bits per heavy atom. The van der Waals surface area contributed by atoms with Crippen LogP contribution in [0.2, 0.25) is 0 Å². The maximum absolute atomic E-state index is 12.4. The number of nitrogens with zero attached hydrogens (tertiary/aromatic N) is 1. The lowest BCUT2D eigenvalue weighted by atomic mass is 9.94. The highest BCUT2D eigenvalue weighted by Gasteiger charge is 2.25. The molecule has 1 heterocycles. The van der Waals surface area contributed by atoms with Gasteiger partial charge in [-0.25, -0.2) is 0 Å². The second kappa shape index (κ2) is 6.52. The molecule has 1 atom stereocenters. The average Bonchev–Trinajstić information content (AvgIpc) is 2.70. The lowest BCUT2D eigenvalue weighted by Gasteiger charge is -2.25. The molecule has 0 spiro atoms. The number of carbonyl (C=O) groups is 1. The summed E-state index contributed by atoms with van der Waals surface area (Å²) in [6.07, 6.45) is 0. The van der Waals surface area contributed by atoms with E-state index in [-0.39, 0.29) is 11.8 Å². The van der Waals surface area contributed by atoms with Crippen LogP contribution in [0.3, 0.4) is 0 Å². The largest absolute Gasteiger partial charge is 0.319 e. The first-order chi connectivity index (χ1) is 7.97. The third kappa shape index (κ3) is 3.79. The van der Waals surface area contributed by atoms with E-state index in [0.717, 1.165) is 8.79 Å². The molecule has 1 N–H and O–H groups in total. The number of thiophene rings is 1. The van der Waals surface area contributed by atoms with Gasteiger partial charge in [0.15, 0.2) is 0 Å². The number of anilines is 1. The van der Waals surface area contributed by atoms with Gasteiger partial charge in [-0.3, -0.25) is 4.79 Å². The van der Waals surface area contributed by atoms with Crippen LogP contribution >= 0.6 is 27.3 Å². The van der Waals surface area contributed by atoms with Crippen LogP contribution in [0.1, 0.15) is 13.8 Å². The summed E-state index contributed by atoms with van der Waals surface area (Å²) >= 11 is 4.99. The van der Waals surface area contributed by atoms with Gasteiger partial charge in [-0.2, -0.15) is 0 Å². The Morgan fingerprint density at radius 1 is 1.53 bits per heavy atom. The van der Waals surface area contributed by atoms with Gasteiger partial charge in [0.2, 0.25) is 5.91 Å². The van der Waals surface area contributed by atoms with Crippen molar-refractivity contribution in [2.24, 2.45) is 11.8 Å². The molecule has 96 valence electrons. The zero-order valence-corrected chi connectivity index (χ0v) is 13.1. The number of rotatable bonds is 5. The Hall–Kier alpha value is -0.390. The molecule has 5 heteroatoms. The van der Waals surface area contributed by atoms with Crippen LogP contribution in [-0.2, 0) is 4.79 Å². The molecule has 0 bridgehead atoms. The molecular formula is C12H19BrN2OS. The standard InChI is InChI=1S/C12H19BrN2OS/c1-8(2)9(7-14-3)12(16)15(4)11-6-5-10(13)17-11/h5-6,8-9,14H,7H2,1-4H3. The number of nitrogens with one attached hydrogen (secondary N) is 1. The SMILES string of the molecule is CNCC(C(=O)N(C)c1ccc(Br)s1)C(C)C. The van der Waals surface area contributed by atoms with Gasteiger partial charge in [0.25, 0.3) is 0 Å². The number of hydrogen-bond acceptors (Lipinski definition) is 3. The van der Waals surface area contributed by atoms with E-state index >= 15 is 0 Å². The fraction of sp³-hybridized carbons (Fsp3) is 0.583. The van der Waals surface area contributed by atoms with E-state index in [1.165, 1.54) is 0 Å². The second-order valence-electron chi connectivity index (χ2n) is 4.38. The summed E-state index contributed by atoms with van der Waals surface area (Å²) in [5.74, 6) is 0.523. The number of hydrogen-bond donors (Lipinski definition) is 1. The summed E-state index contributed by atoms with van der Waals surface area (Å²) < 4.78 is 1.04. The summed E-state index contributed by atoms with van der Waals surface area (Å²) in [6.45, 7) is 4.88. The number of amides is 1. The molecule has 0 aliphatic heterocycles. The Bertz CT molecular complexity index is 378. The molecule has 17 heavy (non-hydrogen) atoms. The van der Waals surface area contributed by atoms with E-state index in [9.17, 15) is 4.79 Å². The molecular weight excluding hydrogens is 300 g/mol. The molecule has 0 saturated heterocycles. The summed E-state index contributed by atoms with van der Waals surface area (Å²) in [5, 5.41) is 4.06. The molecule has 3 nitrogen and oxygen atoms in total. The van der Waals surface area contributed by atoms with Crippen molar-refractivity contribution in [2.45, 2.75) is 13.8 Å². The summed E-state index contributed by atoms with van der Waals surface area (Å²) in [6, 6.07) is 3.93. The van der Waals surface area contributed by atoms with Crippen molar-refractivity contribution in [1.82, 2.24) is 5.32 Å². The van der Waals surface area contributed by atoms with Crippen LogP contribution in [0.4, 0.5) is 5.00 Å². The van der Waals surface area contributed by atoms with Crippen LogP contribution < -0.4 is 10.2 Å². The summed E-state index contributed by atoms with van der Waals surface area (Å²) in [7, 11) is 3.72. The van der Waals surface area contributed by atoms with E-state index in [1.54, 1.807) is 16.2 Å². The van der Waals surface area contributed by atoms with Gasteiger partial charge in [-0.05, 0) is 41.0 Å². The highest BCUT2D eigenvalue weighted by molar-refractivity contribution is 9.11. The van der Waals surface area contributed by atoms with Gasteiger partial charge in [-0.15, -0.1) is 11.3 Å². The molecule has 0 aliphatic rings. The highest BCUT2D eigenvalue weighted by atomic mass is 79.9. The molecule has 0 saturated carbocycles. The predicted octanol–water partition coefficient (Wildman–Crippen LogP) is 2.97. The highest BCUT2D eigenvalue weighted by Crippen LogP contribution is 2.30. The monoisotopic (exact) mass is 318 g/mol. The van der Waals surface area contributed by atoms with Crippen molar-refractivity contribution in [3.63, 3.8) is 0 Å². The van der Waals surface area contributed by atoms with Gasteiger partial charge in [0.05, 0.1) is 14.7 Å². The van der Waals surface area contributed by atoms with Gasteiger partial charge in [-0.1, -0.05) is 13.8 Å². The quantitative estimate of drug-likeness (QED) is 0.905. The third-order valence-electron chi connectivity index (χ3n) is 2.77. The molecule has 0 aromatic carbocycles. The Balaban J connectivity index is 2.80. The van der Waals surface area contributed by atoms with Gasteiger partial charge in [0, 0.05) is 13.6 Å². The fourth-order valence-corrected chi connectivity index (χ4v) is 3.00. The van der Waals surface area contributed by atoms with Crippen molar-refractivity contribution in [3.05, 3.63) is 15.9 Å². The Labute approximate surface area is 115 Å². The molecule has 0 radical (unpaired) electrons. The molecule has 1 rings (SSSR count). The van der Waals surface area contributed by atoms with Gasteiger partial charge in [0.1, 0.15) is 0 Å². The molecule has 1 aromatic heterocycles. The van der Waals surface area contributed by atoms with Crippen LogP contribution in [0.5, 0.6) is 0 Å². The first-order valence-corrected chi connectivity index (χ1v) is 7.25. The van der Waals surface area contributed by atoms with Crippen molar-refractivity contribution >= 4 is 38.2 Å². The van der Waals surface area contributed by atoms with Crippen molar-refractivity contribution in [1.29, 1.82) is 0 Å². The number of halogens is 1. The first kappa shape index (κ1) is 14.7. The third-order valence-corrected chi connectivity index (χ3v) is 4.47. The smallest absolute Gasteiger partial charge is 0.231 e. The molecule has 1 amide bonds. The molecule has 1 aromatic rings. The normalized spacial score (nSPS) is 12.8. The van der Waals surface area contributed by atoms with Crippen LogP contribution in [0.25, 0.3) is 0 Å². The zero-order valence-electron chi connectivity index (χ0n) is 10.7. The van der Waals surface area contributed by atoms with Crippen molar-refractivity contribution < 1.29 is 4.79 Å². The lowest BCUT2D eigenvalue weighted by Crippen LogP contribution is -2.39. The zero-order chi connectivity index (χ0) is 13.0. The van der Waals surface area contributed by atoms with Crippen molar-refractivity contribution in [3.8, 4) is 0 Å². The summed E-state index contributed by atoms with van der Waals surface area (Å²) in [4.78, 5) is 14.1. The molecule has 1 unspecified atom stereocenters. The van der Waals surface area contributed by atoms with Crippen LogP contribution in [-0.4, -0.2) is 26.5 Å². The van der Waals surface area contributed by atoms with E-state index < -0.39 is 0 Å². The van der Waals surface area contributed by atoms with Gasteiger partial charge >= 0.3 is 0 Å². The minimum Gasteiger partial charge on any atom is -0.319 e. The second-order valence-corrected chi connectivity index (χ2v) is 6.82. The van der Waals surface area contributed by atoms with Crippen LogP contribution in [0.15, 0.2) is 15.9 Å². The van der Waals surface area contributed by atoms with Crippen molar-refractivity contribution in [2.75, 3.05) is 25.5 Å².